The molecule has 0 aromatic carbocycles. The van der Waals surface area contributed by atoms with Gasteiger partial charge in [0.25, 0.3) is 0 Å². The highest BCUT2D eigenvalue weighted by atomic mass is 16.7. The fourth-order valence-corrected chi connectivity index (χ4v) is 1.06. The van der Waals surface area contributed by atoms with Crippen molar-refractivity contribution in [2.75, 3.05) is 20.5 Å². The van der Waals surface area contributed by atoms with Gasteiger partial charge in [0.2, 0.25) is 0 Å². The number of nitrogens with two attached hydrogens (primary N) is 1. The minimum Gasteiger partial charge on any atom is -0.460 e. The third kappa shape index (κ3) is 9.89. The van der Waals surface area contributed by atoms with Gasteiger partial charge in [0.1, 0.15) is 12.4 Å². The summed E-state index contributed by atoms with van der Waals surface area (Å²) >= 11 is 0. The Balaban J connectivity index is 3.59. The number of hydrogen-bond acceptors (Lipinski definition) is 5. The molecule has 0 amide bonds. The summed E-state index contributed by atoms with van der Waals surface area (Å²) in [6.07, 6.45) is 0.868. The second-order valence-electron chi connectivity index (χ2n) is 4.66. The van der Waals surface area contributed by atoms with E-state index in [1.165, 1.54) is 0 Å². The van der Waals surface area contributed by atoms with Crippen LogP contribution < -0.4 is 5.73 Å². The molecule has 0 fully saturated rings. The Hall–Kier alpha value is -0.650. The fraction of sp³-hybridized carbons (Fsp3) is 0.909. The number of carbonyl (C=O) groups is 1. The molecule has 0 saturated heterocycles. The molecule has 5 nitrogen and oxygen atoms in total. The predicted molar refractivity (Wildman–Crippen MR) is 60.9 cm³/mol. The van der Waals surface area contributed by atoms with Gasteiger partial charge in [-0.25, -0.2) is 0 Å². The normalized spacial score (nSPS) is 13.6. The zero-order valence-electron chi connectivity index (χ0n) is 10.6. The first-order chi connectivity index (χ1) is 7.35. The van der Waals surface area contributed by atoms with Crippen molar-refractivity contribution in [3.8, 4) is 0 Å². The number of ether oxygens (including phenoxy) is 3. The molecule has 0 aromatic heterocycles. The van der Waals surface area contributed by atoms with E-state index < -0.39 is 5.60 Å². The lowest BCUT2D eigenvalue weighted by Crippen LogP contribution is -2.29. The Morgan fingerprint density at radius 1 is 1.38 bits per heavy atom. The van der Waals surface area contributed by atoms with Gasteiger partial charge in [-0.05, 0) is 27.2 Å². The lowest BCUT2D eigenvalue weighted by molar-refractivity contribution is -0.155. The molecule has 1 unspecified atom stereocenters. The van der Waals surface area contributed by atoms with Crippen LogP contribution in [0.4, 0.5) is 0 Å². The predicted octanol–water partition coefficient (Wildman–Crippen LogP) is 1.06. The Labute approximate surface area is 97.2 Å². The van der Waals surface area contributed by atoms with Gasteiger partial charge in [-0.2, -0.15) is 0 Å². The van der Waals surface area contributed by atoms with Crippen LogP contribution in [0.25, 0.3) is 0 Å². The molecule has 1 atom stereocenters. The topological polar surface area (TPSA) is 70.8 Å². The average Bonchev–Trinajstić information content (AvgIpc) is 2.12. The minimum atomic E-state index is -0.437. The van der Waals surface area contributed by atoms with E-state index in [0.717, 1.165) is 0 Å². The molecule has 0 rings (SSSR count). The molecular formula is C11H23NO4. The van der Waals surface area contributed by atoms with Gasteiger partial charge >= 0.3 is 5.97 Å². The zero-order chi connectivity index (χ0) is 12.6. The molecular weight excluding hydrogens is 210 g/mol. The van der Waals surface area contributed by atoms with Crippen molar-refractivity contribution in [3.63, 3.8) is 0 Å². The summed E-state index contributed by atoms with van der Waals surface area (Å²) in [5, 5.41) is 0. The molecule has 0 bridgehead atoms. The number of methoxy groups -OCH3 is 1. The van der Waals surface area contributed by atoms with Gasteiger partial charge in [-0.1, -0.05) is 0 Å². The van der Waals surface area contributed by atoms with Crippen LogP contribution in [0, 0.1) is 0 Å². The van der Waals surface area contributed by atoms with Gasteiger partial charge in [0.05, 0.1) is 6.61 Å². The maximum atomic E-state index is 11.3. The Kier molecular flexibility index (Phi) is 7.29. The first-order valence-corrected chi connectivity index (χ1v) is 5.39. The molecule has 96 valence electrons. The van der Waals surface area contributed by atoms with E-state index in [-0.39, 0.29) is 18.8 Å². The van der Waals surface area contributed by atoms with E-state index in [0.29, 0.717) is 19.4 Å². The van der Waals surface area contributed by atoms with Crippen LogP contribution in [0.1, 0.15) is 33.6 Å². The Morgan fingerprint density at radius 2 is 2.00 bits per heavy atom. The van der Waals surface area contributed by atoms with E-state index >= 15 is 0 Å². The van der Waals surface area contributed by atoms with Crippen LogP contribution in [0.3, 0.4) is 0 Å². The highest BCUT2D eigenvalue weighted by Gasteiger charge is 2.16. The van der Waals surface area contributed by atoms with E-state index in [1.807, 2.05) is 20.8 Å². The van der Waals surface area contributed by atoms with Crippen molar-refractivity contribution in [3.05, 3.63) is 0 Å². The standard InChI is InChI=1S/C11H23NO4/c1-11(2,3)16-10(13)6-5-9(12)7-15-8-14-4/h9H,5-8,12H2,1-4H3. The van der Waals surface area contributed by atoms with Crippen molar-refractivity contribution in [2.24, 2.45) is 5.73 Å². The maximum absolute atomic E-state index is 11.3. The summed E-state index contributed by atoms with van der Waals surface area (Å²) in [5.74, 6) is -0.227. The zero-order valence-corrected chi connectivity index (χ0v) is 10.6. The number of hydrogen-bond donors (Lipinski definition) is 1. The number of esters is 1. The van der Waals surface area contributed by atoms with Gasteiger partial charge in [-0.15, -0.1) is 0 Å². The third-order valence-electron chi connectivity index (χ3n) is 1.67. The molecule has 0 radical (unpaired) electrons. The van der Waals surface area contributed by atoms with E-state index in [1.54, 1.807) is 7.11 Å². The van der Waals surface area contributed by atoms with Crippen LogP contribution in [0.2, 0.25) is 0 Å². The van der Waals surface area contributed by atoms with Crippen molar-refractivity contribution in [2.45, 2.75) is 45.3 Å². The summed E-state index contributed by atoms with van der Waals surface area (Å²) in [5.41, 5.74) is 5.30. The summed E-state index contributed by atoms with van der Waals surface area (Å²) < 4.78 is 14.9. The molecule has 0 aliphatic carbocycles. The van der Waals surface area contributed by atoms with E-state index in [2.05, 4.69) is 0 Å². The number of rotatable bonds is 7. The van der Waals surface area contributed by atoms with E-state index in [4.69, 9.17) is 19.9 Å². The highest BCUT2D eigenvalue weighted by molar-refractivity contribution is 5.69. The smallest absolute Gasteiger partial charge is 0.306 e. The van der Waals surface area contributed by atoms with Gasteiger partial charge in [0, 0.05) is 19.6 Å². The molecule has 0 spiro atoms. The Bertz CT molecular complexity index is 201. The monoisotopic (exact) mass is 233 g/mol. The first-order valence-electron chi connectivity index (χ1n) is 5.39. The van der Waals surface area contributed by atoms with Crippen LogP contribution in [0.15, 0.2) is 0 Å². The quantitative estimate of drug-likeness (QED) is 0.404. The SMILES string of the molecule is COCOCC(N)CCC(=O)OC(C)(C)C. The van der Waals surface area contributed by atoms with Crippen LogP contribution in [0.5, 0.6) is 0 Å². The van der Waals surface area contributed by atoms with Gasteiger partial charge < -0.3 is 19.9 Å². The molecule has 0 aromatic rings. The maximum Gasteiger partial charge on any atom is 0.306 e. The van der Waals surface area contributed by atoms with Crippen LogP contribution >= 0.6 is 0 Å². The van der Waals surface area contributed by atoms with Crippen molar-refractivity contribution in [1.29, 1.82) is 0 Å². The molecule has 2 N–H and O–H groups in total. The molecule has 0 heterocycles. The van der Waals surface area contributed by atoms with Crippen molar-refractivity contribution < 1.29 is 19.0 Å². The molecule has 0 aliphatic rings. The lowest BCUT2D eigenvalue weighted by Gasteiger charge is -2.20. The fourth-order valence-electron chi connectivity index (χ4n) is 1.06. The van der Waals surface area contributed by atoms with Crippen LogP contribution in [-0.4, -0.2) is 38.1 Å². The molecule has 0 aliphatic heterocycles. The van der Waals surface area contributed by atoms with Crippen molar-refractivity contribution in [1.82, 2.24) is 0 Å². The van der Waals surface area contributed by atoms with Crippen LogP contribution in [-0.2, 0) is 19.0 Å². The van der Waals surface area contributed by atoms with Crippen molar-refractivity contribution >= 4 is 5.97 Å². The lowest BCUT2D eigenvalue weighted by atomic mass is 10.1. The highest BCUT2D eigenvalue weighted by Crippen LogP contribution is 2.09. The van der Waals surface area contributed by atoms with Gasteiger partial charge in [-0.3, -0.25) is 4.79 Å². The number of carbonyl (C=O) groups excluding carboxylic acids is 1. The van der Waals surface area contributed by atoms with E-state index in [9.17, 15) is 4.79 Å². The summed E-state index contributed by atoms with van der Waals surface area (Å²) in [4.78, 5) is 11.3. The average molecular weight is 233 g/mol. The molecule has 16 heavy (non-hydrogen) atoms. The first kappa shape index (κ1) is 15.3. The Morgan fingerprint density at radius 3 is 2.50 bits per heavy atom. The second kappa shape index (κ2) is 7.60. The third-order valence-corrected chi connectivity index (χ3v) is 1.67. The molecule has 0 saturated carbocycles. The summed E-state index contributed by atoms with van der Waals surface area (Å²) in [6.45, 7) is 6.13. The minimum absolute atomic E-state index is 0.164. The summed E-state index contributed by atoms with van der Waals surface area (Å²) in [7, 11) is 1.55. The molecule has 5 heteroatoms. The summed E-state index contributed by atoms with van der Waals surface area (Å²) in [6, 6.07) is -0.164. The second-order valence-corrected chi connectivity index (χ2v) is 4.66. The van der Waals surface area contributed by atoms with Gasteiger partial charge in [0.15, 0.2) is 0 Å². The largest absolute Gasteiger partial charge is 0.460 e.